The van der Waals surface area contributed by atoms with Gasteiger partial charge in [-0.2, -0.15) is 4.37 Å². The second kappa shape index (κ2) is 11.3. The van der Waals surface area contributed by atoms with Crippen molar-refractivity contribution in [2.24, 2.45) is 5.73 Å². The minimum absolute atomic E-state index is 0.0640. The Labute approximate surface area is 214 Å². The van der Waals surface area contributed by atoms with E-state index in [9.17, 15) is 14.4 Å². The first kappa shape index (κ1) is 25.4. The molecule has 3 aromatic rings. The van der Waals surface area contributed by atoms with Gasteiger partial charge in [-0.05, 0) is 42.4 Å². The number of amides is 3. The Kier molecular flexibility index (Phi) is 8.00. The van der Waals surface area contributed by atoms with Gasteiger partial charge in [0.15, 0.2) is 5.69 Å². The topological polar surface area (TPSA) is 131 Å². The Balaban J connectivity index is 1.77. The van der Waals surface area contributed by atoms with Gasteiger partial charge in [0, 0.05) is 12.6 Å². The van der Waals surface area contributed by atoms with E-state index in [2.05, 4.69) is 9.69 Å². The maximum Gasteiger partial charge on any atom is 0.270 e. The Morgan fingerprint density at radius 3 is 2.33 bits per heavy atom. The third-order valence-electron chi connectivity index (χ3n) is 6.52. The van der Waals surface area contributed by atoms with Crippen LogP contribution in [0.15, 0.2) is 54.6 Å². The maximum absolute atomic E-state index is 14.0. The second-order valence-electron chi connectivity index (χ2n) is 9.21. The van der Waals surface area contributed by atoms with Crippen LogP contribution < -0.4 is 16.8 Å². The van der Waals surface area contributed by atoms with E-state index in [0.29, 0.717) is 5.56 Å². The number of rotatable bonds is 8. The SMILES string of the molecule is Cc1ccc(C(C(=O)NC2CCCCC2)N(Cc2ccccc2)C(=O)c2snc(C(N)=O)c2N)cc1. The van der Waals surface area contributed by atoms with Gasteiger partial charge in [0.25, 0.3) is 11.8 Å². The number of aryl methyl sites for hydroxylation is 1. The summed E-state index contributed by atoms with van der Waals surface area (Å²) >= 11 is 0.815. The molecule has 1 atom stereocenters. The fourth-order valence-electron chi connectivity index (χ4n) is 4.57. The normalized spacial score (nSPS) is 14.7. The number of carbonyl (C=O) groups excluding carboxylic acids is 3. The van der Waals surface area contributed by atoms with Crippen molar-refractivity contribution < 1.29 is 14.4 Å². The summed E-state index contributed by atoms with van der Waals surface area (Å²) in [7, 11) is 0. The summed E-state index contributed by atoms with van der Waals surface area (Å²) in [5, 5.41) is 3.19. The average Bonchev–Trinajstić information content (AvgIpc) is 3.27. The van der Waals surface area contributed by atoms with Crippen molar-refractivity contribution in [1.82, 2.24) is 14.6 Å². The summed E-state index contributed by atoms with van der Waals surface area (Å²) in [6.45, 7) is 2.14. The van der Waals surface area contributed by atoms with Gasteiger partial charge >= 0.3 is 0 Å². The van der Waals surface area contributed by atoms with Crippen molar-refractivity contribution in [3.63, 3.8) is 0 Å². The first-order valence-electron chi connectivity index (χ1n) is 12.1. The van der Waals surface area contributed by atoms with Crippen LogP contribution in [-0.4, -0.2) is 33.0 Å². The fourth-order valence-corrected chi connectivity index (χ4v) is 5.33. The lowest BCUT2D eigenvalue weighted by Gasteiger charge is -2.33. The Morgan fingerprint density at radius 2 is 1.72 bits per heavy atom. The van der Waals surface area contributed by atoms with E-state index in [-0.39, 0.29) is 34.8 Å². The lowest BCUT2D eigenvalue weighted by Crippen LogP contribution is -2.46. The molecule has 0 aliphatic heterocycles. The van der Waals surface area contributed by atoms with Crippen LogP contribution in [0.4, 0.5) is 5.69 Å². The van der Waals surface area contributed by atoms with Gasteiger partial charge in [-0.25, -0.2) is 0 Å². The molecule has 1 fully saturated rings. The summed E-state index contributed by atoms with van der Waals surface area (Å²) < 4.78 is 4.00. The molecule has 1 aliphatic rings. The molecule has 36 heavy (non-hydrogen) atoms. The van der Waals surface area contributed by atoms with Gasteiger partial charge in [0.05, 0.1) is 5.69 Å². The zero-order valence-corrected chi connectivity index (χ0v) is 21.1. The van der Waals surface area contributed by atoms with Crippen LogP contribution in [-0.2, 0) is 11.3 Å². The number of nitrogens with two attached hydrogens (primary N) is 2. The number of carbonyl (C=O) groups is 3. The fraction of sp³-hybridized carbons (Fsp3) is 0.333. The molecule has 188 valence electrons. The zero-order chi connectivity index (χ0) is 25.7. The average molecular weight is 506 g/mol. The minimum Gasteiger partial charge on any atom is -0.395 e. The number of hydrogen-bond donors (Lipinski definition) is 3. The summed E-state index contributed by atoms with van der Waals surface area (Å²) in [6, 6.07) is 16.2. The van der Waals surface area contributed by atoms with E-state index >= 15 is 0 Å². The van der Waals surface area contributed by atoms with E-state index in [1.165, 1.54) is 11.3 Å². The number of hydrogen-bond acceptors (Lipinski definition) is 6. The summed E-state index contributed by atoms with van der Waals surface area (Å²) in [6.07, 6.45) is 5.14. The highest BCUT2D eigenvalue weighted by Gasteiger charge is 2.35. The first-order valence-corrected chi connectivity index (χ1v) is 12.9. The van der Waals surface area contributed by atoms with Gasteiger partial charge in [0.2, 0.25) is 5.91 Å². The zero-order valence-electron chi connectivity index (χ0n) is 20.3. The van der Waals surface area contributed by atoms with Gasteiger partial charge in [0.1, 0.15) is 10.9 Å². The largest absolute Gasteiger partial charge is 0.395 e. The molecule has 3 amide bonds. The lowest BCUT2D eigenvalue weighted by atomic mass is 9.94. The van der Waals surface area contributed by atoms with E-state index in [1.807, 2.05) is 61.5 Å². The molecule has 1 aromatic heterocycles. The molecule has 5 N–H and O–H groups in total. The molecule has 1 saturated carbocycles. The van der Waals surface area contributed by atoms with E-state index in [4.69, 9.17) is 11.5 Å². The number of nitrogens with zero attached hydrogens (tertiary/aromatic N) is 2. The van der Waals surface area contributed by atoms with Crippen LogP contribution in [0.5, 0.6) is 0 Å². The van der Waals surface area contributed by atoms with Gasteiger partial charge in [-0.1, -0.05) is 79.4 Å². The number of aromatic nitrogens is 1. The molecule has 1 aliphatic carbocycles. The first-order chi connectivity index (χ1) is 17.3. The van der Waals surface area contributed by atoms with Crippen LogP contribution >= 0.6 is 11.5 Å². The maximum atomic E-state index is 14.0. The minimum atomic E-state index is -0.904. The predicted octanol–water partition coefficient (Wildman–Crippen LogP) is 3.97. The lowest BCUT2D eigenvalue weighted by molar-refractivity contribution is -0.127. The monoisotopic (exact) mass is 505 g/mol. The molecule has 0 saturated heterocycles. The van der Waals surface area contributed by atoms with Gasteiger partial charge in [-0.3, -0.25) is 14.4 Å². The Hall–Kier alpha value is -3.72. The second-order valence-corrected chi connectivity index (χ2v) is 9.99. The molecule has 2 aromatic carbocycles. The van der Waals surface area contributed by atoms with Crippen LogP contribution in [0.25, 0.3) is 0 Å². The molecule has 0 bridgehead atoms. The van der Waals surface area contributed by atoms with E-state index < -0.39 is 17.9 Å². The third kappa shape index (κ3) is 5.73. The number of anilines is 1. The van der Waals surface area contributed by atoms with Gasteiger partial charge < -0.3 is 21.7 Å². The molecule has 9 heteroatoms. The summed E-state index contributed by atoms with van der Waals surface area (Å²) in [4.78, 5) is 41.1. The summed E-state index contributed by atoms with van der Waals surface area (Å²) in [5.74, 6) is -1.53. The molecule has 8 nitrogen and oxygen atoms in total. The van der Waals surface area contributed by atoms with Crippen LogP contribution in [0.1, 0.15) is 75.0 Å². The highest BCUT2D eigenvalue weighted by Crippen LogP contribution is 2.31. The molecule has 0 radical (unpaired) electrons. The molecular weight excluding hydrogens is 474 g/mol. The third-order valence-corrected chi connectivity index (χ3v) is 7.37. The number of primary amides is 1. The number of nitrogen functional groups attached to an aromatic ring is 1. The molecular formula is C27H31N5O3S. The van der Waals surface area contributed by atoms with Crippen LogP contribution in [0.3, 0.4) is 0 Å². The van der Waals surface area contributed by atoms with Crippen molar-refractivity contribution >= 4 is 34.9 Å². The van der Waals surface area contributed by atoms with Crippen LogP contribution in [0, 0.1) is 6.92 Å². The highest BCUT2D eigenvalue weighted by molar-refractivity contribution is 7.09. The predicted molar refractivity (Wildman–Crippen MR) is 140 cm³/mol. The molecule has 1 unspecified atom stereocenters. The molecule has 0 spiro atoms. The van der Waals surface area contributed by atoms with Crippen LogP contribution in [0.2, 0.25) is 0 Å². The number of nitrogens with one attached hydrogen (secondary N) is 1. The van der Waals surface area contributed by atoms with E-state index in [0.717, 1.165) is 48.3 Å². The van der Waals surface area contributed by atoms with Crippen molar-refractivity contribution in [3.8, 4) is 0 Å². The van der Waals surface area contributed by atoms with E-state index in [1.54, 1.807) is 0 Å². The Morgan fingerprint density at radius 1 is 1.06 bits per heavy atom. The van der Waals surface area contributed by atoms with Crippen molar-refractivity contribution in [2.45, 2.75) is 57.7 Å². The smallest absolute Gasteiger partial charge is 0.270 e. The highest BCUT2D eigenvalue weighted by atomic mass is 32.1. The standard InChI is InChI=1S/C27H31N5O3S/c1-17-12-14-19(15-13-17)23(26(34)30-20-10-6-3-7-11-20)32(16-18-8-4-2-5-9-18)27(35)24-21(28)22(25(29)33)31-36-24/h2,4-5,8-9,12-15,20,23H,3,6-7,10-11,16,28H2,1H3,(H2,29,33)(H,30,34). The quantitative estimate of drug-likeness (QED) is 0.426. The number of benzene rings is 2. The van der Waals surface area contributed by atoms with Crippen molar-refractivity contribution in [1.29, 1.82) is 0 Å². The van der Waals surface area contributed by atoms with Gasteiger partial charge in [-0.15, -0.1) is 0 Å². The molecule has 4 rings (SSSR count). The van der Waals surface area contributed by atoms with Crippen molar-refractivity contribution in [2.75, 3.05) is 5.73 Å². The van der Waals surface area contributed by atoms with Crippen molar-refractivity contribution in [3.05, 3.63) is 81.9 Å². The summed E-state index contributed by atoms with van der Waals surface area (Å²) in [5.41, 5.74) is 13.9. The molecule has 1 heterocycles. The Bertz CT molecular complexity index is 1220.